The summed E-state index contributed by atoms with van der Waals surface area (Å²) in [5.41, 5.74) is -0.0212. The van der Waals surface area contributed by atoms with Crippen molar-refractivity contribution in [2.45, 2.75) is 72.3 Å². The summed E-state index contributed by atoms with van der Waals surface area (Å²) >= 11 is 0. The average molecular weight is 284 g/mol. The second kappa shape index (κ2) is 8.02. The highest BCUT2D eigenvalue weighted by molar-refractivity contribution is 5.72. The maximum atomic E-state index is 12.0. The van der Waals surface area contributed by atoms with Crippen LogP contribution in [0.15, 0.2) is 0 Å². The second-order valence-corrected chi connectivity index (χ2v) is 6.61. The van der Waals surface area contributed by atoms with E-state index in [0.29, 0.717) is 18.4 Å². The van der Waals surface area contributed by atoms with Crippen LogP contribution < -0.4 is 0 Å². The van der Waals surface area contributed by atoms with Gasteiger partial charge in [0.25, 0.3) is 0 Å². The number of carbonyl (C=O) groups excluding carboxylic acids is 1. The quantitative estimate of drug-likeness (QED) is 0.657. The summed E-state index contributed by atoms with van der Waals surface area (Å²) in [7, 11) is 0. The lowest BCUT2D eigenvalue weighted by atomic mass is 9.70. The molecule has 0 saturated heterocycles. The van der Waals surface area contributed by atoms with Crippen LogP contribution in [0.3, 0.4) is 0 Å². The Kier molecular flexibility index (Phi) is 7.01. The Balaban J connectivity index is 2.73. The zero-order chi connectivity index (χ0) is 15.2. The first-order valence-corrected chi connectivity index (χ1v) is 8.24. The van der Waals surface area contributed by atoms with Crippen molar-refractivity contribution >= 4 is 5.97 Å². The molecule has 0 N–H and O–H groups in total. The van der Waals surface area contributed by atoms with Gasteiger partial charge < -0.3 is 9.47 Å². The molecule has 0 heterocycles. The SMILES string of the molecule is CCOC(=O)C(C)C1CCCC(CC(C)C)(OCC)C1. The van der Waals surface area contributed by atoms with Gasteiger partial charge in [-0.25, -0.2) is 0 Å². The molecule has 0 radical (unpaired) electrons. The summed E-state index contributed by atoms with van der Waals surface area (Å²) in [5.74, 6) is 0.961. The van der Waals surface area contributed by atoms with Gasteiger partial charge in [-0.1, -0.05) is 27.2 Å². The van der Waals surface area contributed by atoms with Gasteiger partial charge in [0.15, 0.2) is 0 Å². The molecule has 0 spiro atoms. The minimum Gasteiger partial charge on any atom is -0.466 e. The van der Waals surface area contributed by atoms with Crippen LogP contribution in [0.25, 0.3) is 0 Å². The van der Waals surface area contributed by atoms with Gasteiger partial charge in [0.1, 0.15) is 0 Å². The van der Waals surface area contributed by atoms with E-state index < -0.39 is 0 Å². The largest absolute Gasteiger partial charge is 0.466 e. The Morgan fingerprint density at radius 2 is 1.95 bits per heavy atom. The smallest absolute Gasteiger partial charge is 0.308 e. The molecule has 1 aliphatic carbocycles. The zero-order valence-electron chi connectivity index (χ0n) is 13.9. The van der Waals surface area contributed by atoms with Crippen LogP contribution in [0.4, 0.5) is 0 Å². The minimum atomic E-state index is -0.0469. The summed E-state index contributed by atoms with van der Waals surface area (Å²) in [6, 6.07) is 0. The van der Waals surface area contributed by atoms with Crippen molar-refractivity contribution in [2.24, 2.45) is 17.8 Å². The van der Waals surface area contributed by atoms with Crippen molar-refractivity contribution in [2.75, 3.05) is 13.2 Å². The van der Waals surface area contributed by atoms with Gasteiger partial charge in [-0.05, 0) is 51.4 Å². The molecule has 0 bridgehead atoms. The van der Waals surface area contributed by atoms with Crippen molar-refractivity contribution < 1.29 is 14.3 Å². The molecule has 20 heavy (non-hydrogen) atoms. The van der Waals surface area contributed by atoms with Gasteiger partial charge >= 0.3 is 5.97 Å². The lowest BCUT2D eigenvalue weighted by molar-refractivity contribution is -0.152. The molecule has 0 aromatic carbocycles. The first kappa shape index (κ1) is 17.5. The molecule has 0 aliphatic heterocycles. The van der Waals surface area contributed by atoms with Gasteiger partial charge in [0, 0.05) is 6.61 Å². The third-order valence-electron chi connectivity index (χ3n) is 4.44. The Morgan fingerprint density at radius 3 is 2.50 bits per heavy atom. The fourth-order valence-corrected chi connectivity index (χ4v) is 3.69. The Labute approximate surface area is 124 Å². The number of hydrogen-bond acceptors (Lipinski definition) is 3. The molecule has 0 aromatic heterocycles. The van der Waals surface area contributed by atoms with Gasteiger partial charge in [0.2, 0.25) is 0 Å². The van der Waals surface area contributed by atoms with E-state index in [2.05, 4.69) is 20.8 Å². The van der Waals surface area contributed by atoms with Crippen LogP contribution >= 0.6 is 0 Å². The Bertz CT molecular complexity index is 297. The fourth-order valence-electron chi connectivity index (χ4n) is 3.69. The second-order valence-electron chi connectivity index (χ2n) is 6.61. The molecule has 3 unspecified atom stereocenters. The van der Waals surface area contributed by atoms with Crippen molar-refractivity contribution in [3.63, 3.8) is 0 Å². The number of esters is 1. The van der Waals surface area contributed by atoms with Crippen molar-refractivity contribution in [1.82, 2.24) is 0 Å². The van der Waals surface area contributed by atoms with E-state index in [1.165, 1.54) is 0 Å². The summed E-state index contributed by atoms with van der Waals surface area (Å²) in [4.78, 5) is 12.0. The topological polar surface area (TPSA) is 35.5 Å². The molecular weight excluding hydrogens is 252 g/mol. The molecule has 1 fully saturated rings. The predicted molar refractivity (Wildman–Crippen MR) is 81.6 cm³/mol. The number of carbonyl (C=O) groups is 1. The van der Waals surface area contributed by atoms with Gasteiger partial charge in [0.05, 0.1) is 18.1 Å². The third-order valence-corrected chi connectivity index (χ3v) is 4.44. The minimum absolute atomic E-state index is 0.0118. The standard InChI is InChI=1S/C17H32O3/c1-6-19-16(18)14(5)15-9-8-10-17(12-15,20-7-2)11-13(3)4/h13-15H,6-12H2,1-5H3. The summed E-state index contributed by atoms with van der Waals surface area (Å²) in [5, 5.41) is 0. The van der Waals surface area contributed by atoms with Crippen LogP contribution in [-0.2, 0) is 14.3 Å². The number of rotatable bonds is 7. The number of hydrogen-bond donors (Lipinski definition) is 0. The average Bonchev–Trinajstić information content (AvgIpc) is 2.37. The highest BCUT2D eigenvalue weighted by Crippen LogP contribution is 2.42. The molecular formula is C17H32O3. The summed E-state index contributed by atoms with van der Waals surface area (Å²) < 4.78 is 11.3. The molecule has 0 aromatic rings. The summed E-state index contributed by atoms with van der Waals surface area (Å²) in [6.07, 6.45) is 5.49. The van der Waals surface area contributed by atoms with E-state index in [9.17, 15) is 4.79 Å². The van der Waals surface area contributed by atoms with E-state index >= 15 is 0 Å². The molecule has 118 valence electrons. The molecule has 0 amide bonds. The van der Waals surface area contributed by atoms with E-state index in [-0.39, 0.29) is 17.5 Å². The molecule has 3 atom stereocenters. The van der Waals surface area contributed by atoms with Crippen LogP contribution in [0.2, 0.25) is 0 Å². The molecule has 1 saturated carbocycles. The molecule has 1 aliphatic rings. The van der Waals surface area contributed by atoms with Gasteiger partial charge in [-0.2, -0.15) is 0 Å². The maximum absolute atomic E-state index is 12.0. The zero-order valence-corrected chi connectivity index (χ0v) is 13.9. The van der Waals surface area contributed by atoms with E-state index in [1.807, 2.05) is 13.8 Å². The van der Waals surface area contributed by atoms with E-state index in [4.69, 9.17) is 9.47 Å². The lowest BCUT2D eigenvalue weighted by Gasteiger charge is -2.43. The monoisotopic (exact) mass is 284 g/mol. The van der Waals surface area contributed by atoms with E-state index in [1.54, 1.807) is 0 Å². The van der Waals surface area contributed by atoms with Crippen molar-refractivity contribution in [3.05, 3.63) is 0 Å². The van der Waals surface area contributed by atoms with Crippen LogP contribution in [0.1, 0.15) is 66.7 Å². The van der Waals surface area contributed by atoms with Gasteiger partial charge in [-0.15, -0.1) is 0 Å². The predicted octanol–water partition coefficient (Wildman–Crippen LogP) is 4.20. The molecule has 3 heteroatoms. The van der Waals surface area contributed by atoms with Crippen LogP contribution in [-0.4, -0.2) is 24.8 Å². The lowest BCUT2D eigenvalue weighted by Crippen LogP contribution is -2.42. The molecule has 1 rings (SSSR count). The molecule has 3 nitrogen and oxygen atoms in total. The first-order valence-electron chi connectivity index (χ1n) is 8.24. The van der Waals surface area contributed by atoms with Crippen molar-refractivity contribution in [3.8, 4) is 0 Å². The van der Waals surface area contributed by atoms with Crippen molar-refractivity contribution in [1.29, 1.82) is 0 Å². The van der Waals surface area contributed by atoms with Gasteiger partial charge in [-0.3, -0.25) is 4.79 Å². The normalized spacial score (nSPS) is 28.4. The Morgan fingerprint density at radius 1 is 1.25 bits per heavy atom. The van der Waals surface area contributed by atoms with Crippen LogP contribution in [0.5, 0.6) is 0 Å². The fraction of sp³-hybridized carbons (Fsp3) is 0.941. The summed E-state index contributed by atoms with van der Waals surface area (Å²) in [6.45, 7) is 11.7. The first-order chi connectivity index (χ1) is 9.44. The maximum Gasteiger partial charge on any atom is 0.308 e. The number of ether oxygens (including phenoxy) is 2. The highest BCUT2D eigenvalue weighted by atomic mass is 16.5. The highest BCUT2D eigenvalue weighted by Gasteiger charge is 2.40. The van der Waals surface area contributed by atoms with E-state index in [0.717, 1.165) is 38.7 Å². The Hall–Kier alpha value is -0.570. The van der Waals surface area contributed by atoms with Crippen LogP contribution in [0, 0.1) is 17.8 Å². The third kappa shape index (κ3) is 4.76.